The third kappa shape index (κ3) is 2.14. The molecule has 1 aromatic carbocycles. The monoisotopic (exact) mass is 216 g/mol. The van der Waals surface area contributed by atoms with Gasteiger partial charge in [-0.1, -0.05) is 12.1 Å². The maximum absolute atomic E-state index is 7.34. The summed E-state index contributed by atoms with van der Waals surface area (Å²) in [6.07, 6.45) is 3.33. The van der Waals surface area contributed by atoms with E-state index in [4.69, 9.17) is 10.1 Å². The zero-order valence-corrected chi connectivity index (χ0v) is 9.42. The average Bonchev–Trinajstić information content (AvgIpc) is 2.55. The summed E-state index contributed by atoms with van der Waals surface area (Å²) in [4.78, 5) is 0. The van der Waals surface area contributed by atoms with Gasteiger partial charge in [0.15, 0.2) is 0 Å². The molecule has 0 fully saturated rings. The summed E-state index contributed by atoms with van der Waals surface area (Å²) >= 11 is 0. The molecule has 0 atom stereocenters. The Morgan fingerprint density at radius 1 is 1.50 bits per heavy atom. The van der Waals surface area contributed by atoms with Crippen LogP contribution < -0.4 is 10.1 Å². The lowest BCUT2D eigenvalue weighted by Gasteiger charge is -2.09. The minimum Gasteiger partial charge on any atom is -0.492 e. The van der Waals surface area contributed by atoms with Crippen molar-refractivity contribution in [3.05, 3.63) is 35.4 Å². The Morgan fingerprint density at radius 2 is 2.38 bits per heavy atom. The first-order valence-corrected chi connectivity index (χ1v) is 5.48. The smallest absolute Gasteiger partial charge is 0.123 e. The molecule has 0 aliphatic carbocycles. The van der Waals surface area contributed by atoms with Crippen molar-refractivity contribution in [1.29, 1.82) is 5.41 Å². The summed E-state index contributed by atoms with van der Waals surface area (Å²) in [5.74, 6) is 0.953. The largest absolute Gasteiger partial charge is 0.492 e. The van der Waals surface area contributed by atoms with E-state index < -0.39 is 0 Å². The Labute approximate surface area is 95.6 Å². The Balaban J connectivity index is 2.37. The number of ether oxygens (including phenoxy) is 1. The zero-order valence-electron chi connectivity index (χ0n) is 9.42. The highest BCUT2D eigenvalue weighted by atomic mass is 16.5. The second-order valence-corrected chi connectivity index (χ2v) is 3.74. The summed E-state index contributed by atoms with van der Waals surface area (Å²) in [5, 5.41) is 10.6. The van der Waals surface area contributed by atoms with Crippen molar-refractivity contribution >= 4 is 11.8 Å². The summed E-state index contributed by atoms with van der Waals surface area (Å²) in [7, 11) is 0. The highest BCUT2D eigenvalue weighted by molar-refractivity contribution is 6.08. The van der Waals surface area contributed by atoms with E-state index in [1.165, 1.54) is 6.21 Å². The fourth-order valence-electron chi connectivity index (χ4n) is 1.83. The molecule has 0 bridgehead atoms. The fraction of sp³-hybridized carbons (Fsp3) is 0.308. The molecule has 2 N–H and O–H groups in total. The Morgan fingerprint density at radius 3 is 3.12 bits per heavy atom. The van der Waals surface area contributed by atoms with Gasteiger partial charge in [0.25, 0.3) is 0 Å². The molecule has 0 radical (unpaired) electrons. The summed E-state index contributed by atoms with van der Waals surface area (Å²) in [5.41, 5.74) is 3.17. The van der Waals surface area contributed by atoms with Gasteiger partial charge < -0.3 is 15.5 Å². The van der Waals surface area contributed by atoms with Crippen LogP contribution in [0.25, 0.3) is 5.57 Å². The summed E-state index contributed by atoms with van der Waals surface area (Å²) in [6, 6.07) is 6.09. The number of fused-ring (bicyclic) bond motifs is 1. The number of allylic oxidation sites excluding steroid dienone is 2. The van der Waals surface area contributed by atoms with E-state index in [2.05, 4.69) is 11.4 Å². The Bertz CT molecular complexity index is 424. The second kappa shape index (κ2) is 4.94. The third-order valence-electron chi connectivity index (χ3n) is 2.71. The van der Waals surface area contributed by atoms with Gasteiger partial charge in [-0.25, -0.2) is 0 Å². The van der Waals surface area contributed by atoms with Gasteiger partial charge in [-0.05, 0) is 30.2 Å². The molecule has 3 nitrogen and oxygen atoms in total. The predicted octanol–water partition coefficient (Wildman–Crippen LogP) is 2.22. The van der Waals surface area contributed by atoms with E-state index in [0.717, 1.165) is 35.5 Å². The van der Waals surface area contributed by atoms with E-state index in [9.17, 15) is 0 Å². The van der Waals surface area contributed by atoms with Crippen molar-refractivity contribution in [2.75, 3.05) is 13.2 Å². The Kier molecular flexibility index (Phi) is 3.37. The first-order valence-electron chi connectivity index (χ1n) is 5.48. The molecule has 0 spiro atoms. The van der Waals surface area contributed by atoms with Gasteiger partial charge in [0, 0.05) is 24.9 Å². The van der Waals surface area contributed by atoms with Gasteiger partial charge in [-0.3, -0.25) is 0 Å². The van der Waals surface area contributed by atoms with Gasteiger partial charge in [0.2, 0.25) is 0 Å². The topological polar surface area (TPSA) is 45.1 Å². The molecule has 0 amide bonds. The quantitative estimate of drug-likeness (QED) is 0.744. The lowest BCUT2D eigenvalue weighted by Crippen LogP contribution is -2.16. The van der Waals surface area contributed by atoms with E-state index in [0.29, 0.717) is 6.61 Å². The maximum Gasteiger partial charge on any atom is 0.123 e. The molecule has 0 unspecified atom stereocenters. The third-order valence-corrected chi connectivity index (χ3v) is 2.71. The molecule has 0 saturated heterocycles. The van der Waals surface area contributed by atoms with Gasteiger partial charge in [-0.2, -0.15) is 0 Å². The van der Waals surface area contributed by atoms with Gasteiger partial charge >= 0.3 is 0 Å². The van der Waals surface area contributed by atoms with Crippen LogP contribution in [0.2, 0.25) is 0 Å². The van der Waals surface area contributed by atoms with E-state index in [-0.39, 0.29) is 0 Å². The number of hydrogen-bond acceptors (Lipinski definition) is 3. The van der Waals surface area contributed by atoms with Crippen molar-refractivity contribution in [1.82, 2.24) is 5.32 Å². The minimum absolute atomic E-state index is 0.716. The van der Waals surface area contributed by atoms with Crippen LogP contribution in [-0.2, 0) is 6.54 Å². The normalized spacial score (nSPS) is 15.9. The van der Waals surface area contributed by atoms with E-state index in [1.807, 2.05) is 25.1 Å². The molecule has 3 heteroatoms. The zero-order chi connectivity index (χ0) is 11.4. The van der Waals surface area contributed by atoms with E-state index in [1.54, 1.807) is 0 Å². The number of nitrogens with one attached hydrogen (secondary N) is 2. The SMILES string of the molecule is CC=C(C=N)c1ccc2c(c1)CNCCO2. The van der Waals surface area contributed by atoms with Crippen molar-refractivity contribution in [2.45, 2.75) is 13.5 Å². The molecule has 0 aromatic heterocycles. The molecule has 84 valence electrons. The molecule has 1 aliphatic heterocycles. The van der Waals surface area contributed by atoms with Crippen LogP contribution in [0.1, 0.15) is 18.1 Å². The van der Waals surface area contributed by atoms with Gasteiger partial charge in [0.1, 0.15) is 12.4 Å². The van der Waals surface area contributed by atoms with Crippen molar-refractivity contribution in [3.8, 4) is 5.75 Å². The summed E-state index contributed by atoms with van der Waals surface area (Å²) in [6.45, 7) is 4.37. The highest BCUT2D eigenvalue weighted by Gasteiger charge is 2.09. The molecule has 2 rings (SSSR count). The number of rotatable bonds is 2. The molecule has 1 aromatic rings. The second-order valence-electron chi connectivity index (χ2n) is 3.74. The minimum atomic E-state index is 0.716. The molecule has 16 heavy (non-hydrogen) atoms. The lowest BCUT2D eigenvalue weighted by atomic mass is 10.0. The molecular weight excluding hydrogens is 200 g/mol. The molecule has 0 saturated carbocycles. The fourth-order valence-corrected chi connectivity index (χ4v) is 1.83. The van der Waals surface area contributed by atoms with E-state index >= 15 is 0 Å². The van der Waals surface area contributed by atoms with Gasteiger partial charge in [-0.15, -0.1) is 0 Å². The lowest BCUT2D eigenvalue weighted by molar-refractivity contribution is 0.326. The Hall–Kier alpha value is -1.61. The van der Waals surface area contributed by atoms with Crippen molar-refractivity contribution in [3.63, 3.8) is 0 Å². The number of hydrogen-bond donors (Lipinski definition) is 2. The van der Waals surface area contributed by atoms with Gasteiger partial charge in [0.05, 0.1) is 0 Å². The van der Waals surface area contributed by atoms with Crippen LogP contribution in [0.15, 0.2) is 24.3 Å². The standard InChI is InChI=1S/C13H16N2O/c1-2-10(8-14)11-3-4-13-12(7-11)9-15-5-6-16-13/h2-4,7-8,14-15H,5-6,9H2,1H3. The van der Waals surface area contributed by atoms with Crippen molar-refractivity contribution < 1.29 is 4.74 Å². The van der Waals surface area contributed by atoms with Crippen LogP contribution in [0.3, 0.4) is 0 Å². The van der Waals surface area contributed by atoms with Crippen LogP contribution in [0.4, 0.5) is 0 Å². The maximum atomic E-state index is 7.34. The molecule has 1 heterocycles. The molecule has 1 aliphatic rings. The average molecular weight is 216 g/mol. The first-order chi connectivity index (χ1) is 7.85. The predicted molar refractivity (Wildman–Crippen MR) is 66.1 cm³/mol. The first kappa shape index (κ1) is 10.9. The van der Waals surface area contributed by atoms with Crippen LogP contribution in [0.5, 0.6) is 5.75 Å². The summed E-state index contributed by atoms with van der Waals surface area (Å²) < 4.78 is 5.61. The molecular formula is C13H16N2O. The van der Waals surface area contributed by atoms with Crippen LogP contribution in [0, 0.1) is 5.41 Å². The van der Waals surface area contributed by atoms with Crippen LogP contribution >= 0.6 is 0 Å². The van der Waals surface area contributed by atoms with Crippen LogP contribution in [-0.4, -0.2) is 19.4 Å². The number of benzene rings is 1. The van der Waals surface area contributed by atoms with Crippen molar-refractivity contribution in [2.24, 2.45) is 0 Å². The highest BCUT2D eigenvalue weighted by Crippen LogP contribution is 2.24.